The van der Waals surface area contributed by atoms with Crippen LogP contribution in [0.15, 0.2) is 243 Å². The van der Waals surface area contributed by atoms with Crippen molar-refractivity contribution in [3.8, 4) is 0 Å². The summed E-state index contributed by atoms with van der Waals surface area (Å²) in [5.41, 5.74) is 4.68. The molecule has 0 radical (unpaired) electrons. The first-order valence-corrected chi connectivity index (χ1v) is 30.7. The molecule has 2 unspecified atom stereocenters. The van der Waals surface area contributed by atoms with Crippen molar-refractivity contribution in [2.75, 3.05) is 13.2 Å². The van der Waals surface area contributed by atoms with E-state index in [1.54, 1.807) is 0 Å². The molecule has 2 saturated heterocycles. The molecule has 14 heteroatoms. The molecule has 2 N–H and O–H groups in total. The molecule has 8 aromatic carbocycles. The highest BCUT2D eigenvalue weighted by atomic mass is 16.6. The fraction of sp³-hybridized carbons (Fsp3) is 0.333. The van der Waals surface area contributed by atoms with Gasteiger partial charge in [-0.3, -0.25) is 9.59 Å². The Kier molecular flexibility index (Phi) is 24.0. The summed E-state index contributed by atoms with van der Waals surface area (Å²) in [5.74, 6) is -5.50. The monoisotopic (exact) mass is 1200 g/mol. The third kappa shape index (κ3) is 17.4. The van der Waals surface area contributed by atoms with Crippen LogP contribution in [-0.2, 0) is 110 Å². The van der Waals surface area contributed by atoms with Crippen LogP contribution in [-0.4, -0.2) is 96.4 Å². The van der Waals surface area contributed by atoms with Crippen LogP contribution in [0.5, 0.6) is 0 Å². The van der Waals surface area contributed by atoms with Crippen LogP contribution in [0.2, 0.25) is 0 Å². The van der Waals surface area contributed by atoms with Crippen molar-refractivity contribution < 1.29 is 67.2 Å². The topological polar surface area (TPSA) is 167 Å². The molecule has 0 saturated carbocycles. The molecule has 14 nitrogen and oxygen atoms in total. The first kappa shape index (κ1) is 64.3. The first-order chi connectivity index (χ1) is 43.8. The molecule has 8 aromatic rings. The van der Waals surface area contributed by atoms with Crippen LogP contribution in [0.1, 0.15) is 64.3 Å². The van der Waals surface area contributed by atoms with E-state index in [-0.39, 0.29) is 78.9 Å². The second-order valence-electron chi connectivity index (χ2n) is 22.7. The highest BCUT2D eigenvalue weighted by molar-refractivity contribution is 5.94. The van der Waals surface area contributed by atoms with Gasteiger partial charge >= 0.3 is 11.9 Å². The number of carbonyl (C=O) groups is 2. The van der Waals surface area contributed by atoms with Gasteiger partial charge in [-0.1, -0.05) is 256 Å². The molecule has 0 aliphatic carbocycles. The molecule has 2 heterocycles. The van der Waals surface area contributed by atoms with Gasteiger partial charge in [0.15, 0.2) is 5.92 Å². The highest BCUT2D eigenvalue weighted by Crippen LogP contribution is 2.53. The summed E-state index contributed by atoms with van der Waals surface area (Å²) >= 11 is 0. The highest BCUT2D eigenvalue weighted by Gasteiger charge is 2.68. The van der Waals surface area contributed by atoms with E-state index in [4.69, 9.17) is 47.4 Å². The van der Waals surface area contributed by atoms with Gasteiger partial charge in [0.25, 0.3) is 0 Å². The lowest BCUT2D eigenvalue weighted by Gasteiger charge is -2.59. The van der Waals surface area contributed by atoms with Crippen LogP contribution in [0, 0.1) is 11.3 Å². The number of hydrogen-bond acceptors (Lipinski definition) is 12. The summed E-state index contributed by atoms with van der Waals surface area (Å²) in [7, 11) is 0. The molecule has 10 rings (SSSR count). The molecular weight excluding hydrogens is 1120 g/mol. The lowest BCUT2D eigenvalue weighted by molar-refractivity contribution is -0.341. The standard InChI is InChI=1S/C75H80O14/c1-2-43-75(64(73(76)77)74(78)79,71-69(86-50-60-39-23-9-24-40-60)67(84-48-58-35-19-7-20-36-58)65(82-46-56-31-15-5-16-32-56)62(88-71)52-80-44-54-27-11-3-12-28-54)72-70(87-51-61-41-25-10-26-42-61)68(85-49-59-37-21-8-22-38-59)66(83-47-57-33-17-6-18-34-57)63(89-72)53-81-45-55-29-13-4-14-30-55/h3-42,62-72H,2,43-53H2,1H3,(H,76,77)(H,78,79)/t62-,63-,65-,66-,67+,68+,69-,70-,71?,72?,75?/m1/s1. The van der Waals surface area contributed by atoms with Crippen LogP contribution < -0.4 is 0 Å². The minimum atomic E-state index is -2.26. The molecule has 464 valence electrons. The largest absolute Gasteiger partial charge is 0.481 e. The van der Waals surface area contributed by atoms with Gasteiger partial charge in [-0.25, -0.2) is 0 Å². The van der Waals surface area contributed by atoms with E-state index in [2.05, 4.69) is 0 Å². The zero-order valence-corrected chi connectivity index (χ0v) is 50.2. The van der Waals surface area contributed by atoms with E-state index in [0.717, 1.165) is 44.5 Å². The Morgan fingerprint density at radius 2 is 0.573 bits per heavy atom. The average molecular weight is 1210 g/mol. The third-order valence-corrected chi connectivity index (χ3v) is 16.5. The Balaban J connectivity index is 1.19. The summed E-state index contributed by atoms with van der Waals surface area (Å²) in [6.07, 6.45) is -11.6. The van der Waals surface area contributed by atoms with Gasteiger partial charge in [0.05, 0.1) is 83.7 Å². The van der Waals surface area contributed by atoms with Crippen LogP contribution >= 0.6 is 0 Å². The van der Waals surface area contributed by atoms with E-state index >= 15 is 0 Å². The van der Waals surface area contributed by atoms with E-state index in [0.29, 0.717) is 0 Å². The second-order valence-corrected chi connectivity index (χ2v) is 22.7. The van der Waals surface area contributed by atoms with Crippen molar-refractivity contribution in [3.05, 3.63) is 287 Å². The van der Waals surface area contributed by atoms with E-state index < -0.39 is 84.3 Å². The Morgan fingerprint density at radius 1 is 0.348 bits per heavy atom. The van der Waals surface area contributed by atoms with Gasteiger partial charge in [0.1, 0.15) is 48.8 Å². The number of hydrogen-bond donors (Lipinski definition) is 2. The molecule has 2 fully saturated rings. The average Bonchev–Trinajstić information content (AvgIpc) is 0.830. The number of rotatable bonds is 33. The second kappa shape index (κ2) is 33.2. The van der Waals surface area contributed by atoms with Crippen molar-refractivity contribution in [2.45, 2.75) is 134 Å². The van der Waals surface area contributed by atoms with Gasteiger partial charge in [-0.15, -0.1) is 0 Å². The summed E-state index contributed by atoms with van der Waals surface area (Å²) in [5, 5.41) is 24.1. The van der Waals surface area contributed by atoms with Gasteiger partial charge in [-0.05, 0) is 50.9 Å². The van der Waals surface area contributed by atoms with Gasteiger partial charge < -0.3 is 57.6 Å². The van der Waals surface area contributed by atoms with Gasteiger partial charge in [0, 0.05) is 0 Å². The fourth-order valence-electron chi connectivity index (χ4n) is 12.4. The van der Waals surface area contributed by atoms with Gasteiger partial charge in [0.2, 0.25) is 0 Å². The number of ether oxygens (including phenoxy) is 10. The van der Waals surface area contributed by atoms with E-state index in [9.17, 15) is 19.8 Å². The predicted octanol–water partition coefficient (Wildman–Crippen LogP) is 13.0. The maximum absolute atomic E-state index is 14.8. The zero-order valence-electron chi connectivity index (χ0n) is 50.2. The molecule has 2 aliphatic rings. The van der Waals surface area contributed by atoms with Crippen LogP contribution in [0.3, 0.4) is 0 Å². The number of carboxylic acid groups (broad SMARTS) is 2. The normalized spacial score (nSPS) is 22.5. The molecule has 10 atom stereocenters. The molecular formula is C75H80O14. The summed E-state index contributed by atoms with van der Waals surface area (Å²) in [6.45, 7) is 2.41. The lowest BCUT2D eigenvalue weighted by atomic mass is 9.59. The quantitative estimate of drug-likeness (QED) is 0.0373. The third-order valence-electron chi connectivity index (χ3n) is 16.5. The van der Waals surface area contributed by atoms with Crippen molar-refractivity contribution in [2.24, 2.45) is 11.3 Å². The Bertz CT molecular complexity index is 3080. The fourth-order valence-corrected chi connectivity index (χ4v) is 12.4. The Hall–Kier alpha value is -7.70. The lowest BCUT2D eigenvalue weighted by Crippen LogP contribution is -2.74. The van der Waals surface area contributed by atoms with Gasteiger partial charge in [-0.2, -0.15) is 0 Å². The summed E-state index contributed by atoms with van der Waals surface area (Å²) in [6, 6.07) is 77.6. The minimum absolute atomic E-state index is 0.0161. The van der Waals surface area contributed by atoms with Crippen LogP contribution in [0.4, 0.5) is 0 Å². The zero-order chi connectivity index (χ0) is 61.5. The van der Waals surface area contributed by atoms with E-state index in [1.165, 1.54) is 0 Å². The molecule has 0 amide bonds. The minimum Gasteiger partial charge on any atom is -0.481 e. The van der Waals surface area contributed by atoms with E-state index in [1.807, 2.05) is 250 Å². The predicted molar refractivity (Wildman–Crippen MR) is 336 cm³/mol. The van der Waals surface area contributed by atoms with Crippen molar-refractivity contribution >= 4 is 11.9 Å². The molecule has 0 spiro atoms. The summed E-state index contributed by atoms with van der Waals surface area (Å²) < 4.78 is 72.3. The Labute approximate surface area is 522 Å². The Morgan fingerprint density at radius 3 is 0.809 bits per heavy atom. The number of carboxylic acids is 2. The van der Waals surface area contributed by atoms with Crippen molar-refractivity contribution in [3.63, 3.8) is 0 Å². The summed E-state index contributed by atoms with van der Waals surface area (Å²) in [4.78, 5) is 29.7. The number of benzene rings is 8. The molecule has 0 bridgehead atoms. The number of aliphatic carboxylic acids is 2. The first-order valence-electron chi connectivity index (χ1n) is 30.7. The molecule has 89 heavy (non-hydrogen) atoms. The SMILES string of the molecule is CCCC(C(C(=O)O)C(=O)O)(C1O[C@H](COCc2ccccc2)[C@@H](OCc2ccccc2)[C@H](OCc2ccccc2)[C@H]1OCc1ccccc1)C1O[C@H](COCc2ccccc2)[C@@H](OCc2ccccc2)[C@H](OCc2ccccc2)[C@H]1OCc1ccccc1. The van der Waals surface area contributed by atoms with Crippen LogP contribution in [0.25, 0.3) is 0 Å². The smallest absolute Gasteiger partial charge is 0.318 e. The maximum Gasteiger partial charge on any atom is 0.318 e. The maximum atomic E-state index is 14.8. The van der Waals surface area contributed by atoms with Crippen molar-refractivity contribution in [1.29, 1.82) is 0 Å². The molecule has 0 aromatic heterocycles. The van der Waals surface area contributed by atoms with Crippen molar-refractivity contribution in [1.82, 2.24) is 0 Å². The molecule has 2 aliphatic heterocycles.